The third-order valence-electron chi connectivity index (χ3n) is 2.55. The Balaban J connectivity index is 2.02. The Labute approximate surface area is 120 Å². The van der Waals surface area contributed by atoms with Crippen LogP contribution in [0.3, 0.4) is 0 Å². The molecular weight excluding hydrogens is 278 g/mol. The predicted octanol–water partition coefficient (Wildman–Crippen LogP) is 3.60. The van der Waals surface area contributed by atoms with Crippen LogP contribution in [0.15, 0.2) is 47.4 Å². The number of rotatable bonds is 3. The van der Waals surface area contributed by atoms with E-state index < -0.39 is 11.6 Å². The number of benzene rings is 2. The molecule has 2 aromatic rings. The summed E-state index contributed by atoms with van der Waals surface area (Å²) in [5, 5.41) is 8.60. The lowest BCUT2D eigenvalue weighted by Crippen LogP contribution is -1.86. The molecule has 0 bridgehead atoms. The Hall–Kier alpha value is -1.83. The highest BCUT2D eigenvalue weighted by molar-refractivity contribution is 7.98. The molecule has 0 saturated heterocycles. The summed E-state index contributed by atoms with van der Waals surface area (Å²) in [6.45, 7) is -0.170. The monoisotopic (exact) mass is 290 g/mol. The first kappa shape index (κ1) is 14.6. The van der Waals surface area contributed by atoms with E-state index in [1.54, 1.807) is 0 Å². The Bertz CT molecular complexity index is 642. The Kier molecular flexibility index (Phi) is 5.16. The quantitative estimate of drug-likeness (QED) is 0.688. The average molecular weight is 290 g/mol. The zero-order valence-corrected chi connectivity index (χ0v) is 11.4. The molecule has 0 aliphatic carbocycles. The van der Waals surface area contributed by atoms with E-state index in [1.807, 2.05) is 24.3 Å². The largest absolute Gasteiger partial charge is 0.384 e. The van der Waals surface area contributed by atoms with Gasteiger partial charge in [0, 0.05) is 16.2 Å². The van der Waals surface area contributed by atoms with E-state index in [4.69, 9.17) is 5.11 Å². The first-order valence-electron chi connectivity index (χ1n) is 5.95. The van der Waals surface area contributed by atoms with Crippen molar-refractivity contribution in [1.29, 1.82) is 0 Å². The average Bonchev–Trinajstić information content (AvgIpc) is 2.47. The molecule has 0 atom stereocenters. The number of thioether (sulfide) groups is 1. The van der Waals surface area contributed by atoms with Gasteiger partial charge in [0.1, 0.15) is 18.2 Å². The van der Waals surface area contributed by atoms with Crippen molar-refractivity contribution >= 4 is 11.8 Å². The first-order chi connectivity index (χ1) is 9.69. The fourth-order valence-corrected chi connectivity index (χ4v) is 2.49. The zero-order valence-electron chi connectivity index (χ0n) is 10.6. The van der Waals surface area contributed by atoms with Crippen LogP contribution in [0.5, 0.6) is 0 Å². The maximum absolute atomic E-state index is 13.4. The van der Waals surface area contributed by atoms with Crippen LogP contribution in [-0.4, -0.2) is 11.7 Å². The van der Waals surface area contributed by atoms with Crippen molar-refractivity contribution in [2.24, 2.45) is 0 Å². The highest BCUT2D eigenvalue weighted by Gasteiger charge is 2.04. The first-order valence-corrected chi connectivity index (χ1v) is 6.94. The van der Waals surface area contributed by atoms with E-state index in [0.717, 1.165) is 23.3 Å². The van der Waals surface area contributed by atoms with Gasteiger partial charge in [-0.1, -0.05) is 24.0 Å². The van der Waals surface area contributed by atoms with Crippen molar-refractivity contribution in [1.82, 2.24) is 0 Å². The molecule has 2 aromatic carbocycles. The van der Waals surface area contributed by atoms with Gasteiger partial charge >= 0.3 is 0 Å². The highest BCUT2D eigenvalue weighted by atomic mass is 32.2. The minimum atomic E-state index is -0.441. The Morgan fingerprint density at radius 1 is 1.05 bits per heavy atom. The maximum atomic E-state index is 13.4. The molecule has 1 nitrogen and oxygen atoms in total. The molecule has 0 fully saturated rings. The van der Waals surface area contributed by atoms with Gasteiger partial charge in [0.25, 0.3) is 0 Å². The van der Waals surface area contributed by atoms with Crippen LogP contribution in [-0.2, 0) is 5.75 Å². The summed E-state index contributed by atoms with van der Waals surface area (Å²) in [5.41, 5.74) is 1.80. The summed E-state index contributed by atoms with van der Waals surface area (Å²) in [6, 6.07) is 10.9. The lowest BCUT2D eigenvalue weighted by Gasteiger charge is -2.04. The van der Waals surface area contributed by atoms with Gasteiger partial charge in [-0.2, -0.15) is 0 Å². The normalized spacial score (nSPS) is 9.95. The predicted molar refractivity (Wildman–Crippen MR) is 76.3 cm³/mol. The molecule has 1 N–H and O–H groups in total. The number of hydrogen-bond donors (Lipinski definition) is 1. The second kappa shape index (κ2) is 7.09. The molecular formula is C16H12F2OS. The zero-order chi connectivity index (χ0) is 14.4. The second-order valence-electron chi connectivity index (χ2n) is 4.02. The van der Waals surface area contributed by atoms with Gasteiger partial charge in [-0.15, -0.1) is 11.8 Å². The molecule has 0 spiro atoms. The molecule has 4 heteroatoms. The lowest BCUT2D eigenvalue weighted by molar-refractivity contribution is 0.350. The summed E-state index contributed by atoms with van der Waals surface area (Å²) in [4.78, 5) is 0.300. The number of aliphatic hydroxyl groups excluding tert-OH is 1. The third-order valence-corrected chi connectivity index (χ3v) is 3.65. The van der Waals surface area contributed by atoms with E-state index in [2.05, 4.69) is 11.8 Å². The number of hydrogen-bond acceptors (Lipinski definition) is 2. The smallest absolute Gasteiger partial charge is 0.136 e. The highest BCUT2D eigenvalue weighted by Crippen LogP contribution is 2.26. The van der Waals surface area contributed by atoms with Crippen LogP contribution >= 0.6 is 11.8 Å². The molecule has 0 heterocycles. The van der Waals surface area contributed by atoms with Crippen molar-refractivity contribution in [2.45, 2.75) is 10.6 Å². The Morgan fingerprint density at radius 3 is 2.50 bits per heavy atom. The summed E-state index contributed by atoms with van der Waals surface area (Å²) in [5.74, 6) is 5.05. The molecule has 0 amide bonds. The van der Waals surface area contributed by atoms with E-state index in [-0.39, 0.29) is 6.61 Å². The minimum Gasteiger partial charge on any atom is -0.384 e. The summed E-state index contributed by atoms with van der Waals surface area (Å²) in [7, 11) is 0. The summed E-state index contributed by atoms with van der Waals surface area (Å²) >= 11 is 1.25. The van der Waals surface area contributed by atoms with Crippen LogP contribution in [0.1, 0.15) is 11.1 Å². The molecule has 0 radical (unpaired) electrons. The molecule has 0 saturated carbocycles. The molecule has 20 heavy (non-hydrogen) atoms. The van der Waals surface area contributed by atoms with E-state index in [9.17, 15) is 8.78 Å². The van der Waals surface area contributed by atoms with Crippen molar-refractivity contribution in [3.05, 3.63) is 65.2 Å². The van der Waals surface area contributed by atoms with Gasteiger partial charge in [-0.25, -0.2) is 8.78 Å². The van der Waals surface area contributed by atoms with E-state index in [1.165, 1.54) is 17.8 Å². The van der Waals surface area contributed by atoms with Crippen molar-refractivity contribution in [3.63, 3.8) is 0 Å². The van der Waals surface area contributed by atoms with Crippen LogP contribution in [0.2, 0.25) is 0 Å². The van der Waals surface area contributed by atoms with Crippen LogP contribution < -0.4 is 0 Å². The topological polar surface area (TPSA) is 20.2 Å². The van der Waals surface area contributed by atoms with Gasteiger partial charge in [-0.05, 0) is 35.9 Å². The fraction of sp³-hybridized carbons (Fsp3) is 0.125. The van der Waals surface area contributed by atoms with Crippen molar-refractivity contribution < 1.29 is 13.9 Å². The molecule has 0 unspecified atom stereocenters. The lowest BCUT2D eigenvalue weighted by atomic mass is 10.1. The molecule has 0 aliphatic heterocycles. The van der Waals surface area contributed by atoms with Crippen molar-refractivity contribution in [2.75, 3.05) is 6.61 Å². The van der Waals surface area contributed by atoms with Gasteiger partial charge in [0.2, 0.25) is 0 Å². The van der Waals surface area contributed by atoms with Crippen LogP contribution in [0.25, 0.3) is 0 Å². The SMILES string of the molecule is OCC#Cc1ccc(CSc2cc(F)ccc2F)cc1. The van der Waals surface area contributed by atoms with Crippen LogP contribution in [0.4, 0.5) is 8.78 Å². The summed E-state index contributed by atoms with van der Waals surface area (Å²) in [6.07, 6.45) is 0. The second-order valence-corrected chi connectivity index (χ2v) is 5.04. The maximum Gasteiger partial charge on any atom is 0.136 e. The van der Waals surface area contributed by atoms with Gasteiger partial charge in [0.05, 0.1) is 0 Å². The molecule has 102 valence electrons. The van der Waals surface area contributed by atoms with E-state index >= 15 is 0 Å². The Morgan fingerprint density at radius 2 is 1.80 bits per heavy atom. The number of halogens is 2. The van der Waals surface area contributed by atoms with Gasteiger partial charge < -0.3 is 5.11 Å². The van der Waals surface area contributed by atoms with Gasteiger partial charge in [0.15, 0.2) is 0 Å². The van der Waals surface area contributed by atoms with Crippen molar-refractivity contribution in [3.8, 4) is 11.8 Å². The van der Waals surface area contributed by atoms with E-state index in [0.29, 0.717) is 10.6 Å². The van der Waals surface area contributed by atoms with Gasteiger partial charge in [-0.3, -0.25) is 0 Å². The summed E-state index contributed by atoms with van der Waals surface area (Å²) < 4.78 is 26.5. The number of aliphatic hydroxyl groups is 1. The minimum absolute atomic E-state index is 0.170. The molecule has 0 aromatic heterocycles. The standard InChI is InChI=1S/C16H12F2OS/c17-14-7-8-15(18)16(10-14)20-11-13-5-3-12(4-6-13)2-1-9-19/h3-8,10,19H,9,11H2. The fourth-order valence-electron chi connectivity index (χ4n) is 1.57. The molecule has 2 rings (SSSR count). The van der Waals surface area contributed by atoms with Crippen LogP contribution in [0, 0.1) is 23.5 Å². The third kappa shape index (κ3) is 4.09. The molecule has 0 aliphatic rings.